The Morgan fingerprint density at radius 2 is 1.76 bits per heavy atom. The number of hydrogen-bond donors (Lipinski definition) is 1. The van der Waals surface area contributed by atoms with Crippen molar-refractivity contribution >= 4 is 29.1 Å². The number of hydrogen-bond acceptors (Lipinski definition) is 5. The van der Waals surface area contributed by atoms with E-state index in [0.717, 1.165) is 5.56 Å². The molecule has 1 aliphatic heterocycles. The topological polar surface area (TPSA) is 95.8 Å². The average molecular weight is 417 g/mol. The van der Waals surface area contributed by atoms with Crippen molar-refractivity contribution in [3.8, 4) is 0 Å². The lowest BCUT2D eigenvalue weighted by Crippen LogP contribution is -2.51. The van der Waals surface area contributed by atoms with Crippen LogP contribution in [0.1, 0.15) is 15.9 Å². The maximum Gasteiger partial charge on any atom is 0.283 e. The van der Waals surface area contributed by atoms with Crippen LogP contribution >= 0.6 is 11.6 Å². The number of carbonyl (C=O) groups excluding carboxylic acids is 2. The lowest BCUT2D eigenvalue weighted by Gasteiger charge is -2.34. The quantitative estimate of drug-likeness (QED) is 0.576. The molecule has 8 nitrogen and oxygen atoms in total. The van der Waals surface area contributed by atoms with E-state index in [9.17, 15) is 19.7 Å². The molecule has 3 rings (SSSR count). The highest BCUT2D eigenvalue weighted by Crippen LogP contribution is 2.25. The Morgan fingerprint density at radius 3 is 2.41 bits per heavy atom. The zero-order valence-electron chi connectivity index (χ0n) is 15.7. The van der Waals surface area contributed by atoms with Crippen molar-refractivity contribution in [1.29, 1.82) is 0 Å². The van der Waals surface area contributed by atoms with Crippen LogP contribution in [0.5, 0.6) is 0 Å². The molecule has 0 saturated carbocycles. The molecule has 2 aromatic rings. The van der Waals surface area contributed by atoms with Crippen LogP contribution < -0.4 is 5.32 Å². The van der Waals surface area contributed by atoms with Crippen molar-refractivity contribution < 1.29 is 14.5 Å². The molecule has 1 aliphatic rings. The average Bonchev–Trinajstić information content (AvgIpc) is 2.73. The monoisotopic (exact) mass is 416 g/mol. The van der Waals surface area contributed by atoms with Crippen LogP contribution in [-0.2, 0) is 11.3 Å². The van der Waals surface area contributed by atoms with E-state index in [1.165, 1.54) is 18.2 Å². The molecular formula is C20H21ClN4O4. The SMILES string of the molecule is O=C(CN1CCN(C(=O)c2ccc(Cl)cc2[N+](=O)[O-])CC1)NCc1ccccc1. The van der Waals surface area contributed by atoms with Gasteiger partial charge in [-0.05, 0) is 17.7 Å². The molecule has 0 atom stereocenters. The number of piperazine rings is 1. The molecule has 0 bridgehead atoms. The van der Waals surface area contributed by atoms with E-state index in [0.29, 0.717) is 32.7 Å². The zero-order valence-corrected chi connectivity index (χ0v) is 16.5. The molecule has 1 heterocycles. The summed E-state index contributed by atoms with van der Waals surface area (Å²) in [4.78, 5) is 39.0. The lowest BCUT2D eigenvalue weighted by molar-refractivity contribution is -0.385. The van der Waals surface area contributed by atoms with Gasteiger partial charge in [0.2, 0.25) is 5.91 Å². The van der Waals surface area contributed by atoms with Crippen LogP contribution in [0, 0.1) is 10.1 Å². The fraction of sp³-hybridized carbons (Fsp3) is 0.300. The number of amides is 2. The van der Waals surface area contributed by atoms with Gasteiger partial charge in [-0.3, -0.25) is 24.6 Å². The second-order valence-corrected chi connectivity index (χ2v) is 7.19. The van der Waals surface area contributed by atoms with E-state index >= 15 is 0 Å². The summed E-state index contributed by atoms with van der Waals surface area (Å²) in [5, 5.41) is 14.3. The van der Waals surface area contributed by atoms with Crippen LogP contribution in [0.15, 0.2) is 48.5 Å². The Kier molecular flexibility index (Phi) is 6.79. The molecule has 0 aromatic heterocycles. The fourth-order valence-corrected chi connectivity index (χ4v) is 3.34. The van der Waals surface area contributed by atoms with Crippen molar-refractivity contribution in [2.75, 3.05) is 32.7 Å². The third-order valence-corrected chi connectivity index (χ3v) is 4.98. The number of benzene rings is 2. The number of nitro benzene ring substituents is 1. The summed E-state index contributed by atoms with van der Waals surface area (Å²) in [5.41, 5.74) is 0.750. The normalized spacial score (nSPS) is 14.4. The molecule has 2 aromatic carbocycles. The highest BCUT2D eigenvalue weighted by Gasteiger charge is 2.28. The van der Waals surface area contributed by atoms with Crippen molar-refractivity contribution in [2.24, 2.45) is 0 Å². The predicted molar refractivity (Wildman–Crippen MR) is 109 cm³/mol. The Bertz CT molecular complexity index is 899. The minimum Gasteiger partial charge on any atom is -0.351 e. The molecule has 0 radical (unpaired) electrons. The summed E-state index contributed by atoms with van der Waals surface area (Å²) in [5.74, 6) is -0.483. The van der Waals surface area contributed by atoms with Gasteiger partial charge in [-0.2, -0.15) is 0 Å². The second kappa shape index (κ2) is 9.49. The number of carbonyl (C=O) groups is 2. The van der Waals surface area contributed by atoms with Gasteiger partial charge in [0.1, 0.15) is 5.56 Å². The molecule has 29 heavy (non-hydrogen) atoms. The Balaban J connectivity index is 1.51. The highest BCUT2D eigenvalue weighted by atomic mass is 35.5. The zero-order chi connectivity index (χ0) is 20.8. The summed E-state index contributed by atoms with van der Waals surface area (Å²) in [6, 6.07) is 13.7. The van der Waals surface area contributed by atoms with Gasteiger partial charge < -0.3 is 10.2 Å². The molecule has 1 saturated heterocycles. The standard InChI is InChI=1S/C20H21ClN4O4/c21-16-6-7-17(18(12-16)25(28)29)20(27)24-10-8-23(9-11-24)14-19(26)22-13-15-4-2-1-3-5-15/h1-7,12H,8-11,13-14H2,(H,22,26). The van der Waals surface area contributed by atoms with E-state index in [1.807, 2.05) is 35.2 Å². The van der Waals surface area contributed by atoms with Gasteiger partial charge in [0.05, 0.1) is 11.5 Å². The summed E-state index contributed by atoms with van der Waals surface area (Å²) >= 11 is 5.81. The number of nitro groups is 1. The number of rotatable bonds is 6. The maximum absolute atomic E-state index is 12.7. The largest absolute Gasteiger partial charge is 0.351 e. The van der Waals surface area contributed by atoms with Crippen LogP contribution in [0.4, 0.5) is 5.69 Å². The van der Waals surface area contributed by atoms with Crippen LogP contribution in [-0.4, -0.2) is 59.3 Å². The molecule has 152 valence electrons. The van der Waals surface area contributed by atoms with E-state index in [-0.39, 0.29) is 28.7 Å². The van der Waals surface area contributed by atoms with E-state index in [1.54, 1.807) is 4.90 Å². The first-order chi connectivity index (χ1) is 13.9. The van der Waals surface area contributed by atoms with Crippen LogP contribution in [0.3, 0.4) is 0 Å². The van der Waals surface area contributed by atoms with Crippen LogP contribution in [0.25, 0.3) is 0 Å². The summed E-state index contributed by atoms with van der Waals surface area (Å²) < 4.78 is 0. The van der Waals surface area contributed by atoms with Gasteiger partial charge in [0.25, 0.3) is 11.6 Å². The molecule has 0 aliphatic carbocycles. The lowest BCUT2D eigenvalue weighted by atomic mass is 10.1. The highest BCUT2D eigenvalue weighted by molar-refractivity contribution is 6.31. The van der Waals surface area contributed by atoms with Crippen LogP contribution in [0.2, 0.25) is 5.02 Å². The molecule has 9 heteroatoms. The summed E-state index contributed by atoms with van der Waals surface area (Å²) in [7, 11) is 0. The van der Waals surface area contributed by atoms with E-state index < -0.39 is 10.8 Å². The molecule has 1 fully saturated rings. The Labute approximate surface area is 173 Å². The third-order valence-electron chi connectivity index (χ3n) is 4.75. The van der Waals surface area contributed by atoms with E-state index in [2.05, 4.69) is 5.32 Å². The fourth-order valence-electron chi connectivity index (χ4n) is 3.17. The first-order valence-corrected chi connectivity index (χ1v) is 9.58. The summed E-state index contributed by atoms with van der Waals surface area (Å²) in [6.07, 6.45) is 0. The Hall–Kier alpha value is -2.97. The smallest absolute Gasteiger partial charge is 0.283 e. The maximum atomic E-state index is 12.7. The number of nitrogens with one attached hydrogen (secondary N) is 1. The van der Waals surface area contributed by atoms with Gasteiger partial charge in [0.15, 0.2) is 0 Å². The van der Waals surface area contributed by atoms with Crippen molar-refractivity contribution in [3.05, 3.63) is 74.8 Å². The van der Waals surface area contributed by atoms with Gasteiger partial charge in [0, 0.05) is 43.8 Å². The van der Waals surface area contributed by atoms with E-state index in [4.69, 9.17) is 11.6 Å². The Morgan fingerprint density at radius 1 is 1.07 bits per heavy atom. The number of halogens is 1. The molecule has 1 N–H and O–H groups in total. The second-order valence-electron chi connectivity index (χ2n) is 6.75. The molecular weight excluding hydrogens is 396 g/mol. The van der Waals surface area contributed by atoms with Crippen molar-refractivity contribution in [1.82, 2.24) is 15.1 Å². The first-order valence-electron chi connectivity index (χ1n) is 9.20. The van der Waals surface area contributed by atoms with Gasteiger partial charge in [-0.1, -0.05) is 41.9 Å². The van der Waals surface area contributed by atoms with Gasteiger partial charge in [-0.25, -0.2) is 0 Å². The molecule has 0 spiro atoms. The molecule has 2 amide bonds. The summed E-state index contributed by atoms with van der Waals surface area (Å²) in [6.45, 7) is 2.54. The predicted octanol–water partition coefficient (Wildman–Crippen LogP) is 2.32. The van der Waals surface area contributed by atoms with Crippen molar-refractivity contribution in [3.63, 3.8) is 0 Å². The minimum absolute atomic E-state index is 0.0217. The number of nitrogens with zero attached hydrogens (tertiary/aromatic N) is 3. The van der Waals surface area contributed by atoms with Crippen molar-refractivity contribution in [2.45, 2.75) is 6.54 Å². The minimum atomic E-state index is -0.605. The molecule has 0 unspecified atom stereocenters. The van der Waals surface area contributed by atoms with Gasteiger partial charge >= 0.3 is 0 Å². The first kappa shape index (κ1) is 20.8. The third kappa shape index (κ3) is 5.52. The van der Waals surface area contributed by atoms with Gasteiger partial charge in [-0.15, -0.1) is 0 Å².